The van der Waals surface area contributed by atoms with Crippen LogP contribution in [0.15, 0.2) is 18.2 Å². The second kappa shape index (κ2) is 5.56. The van der Waals surface area contributed by atoms with Crippen molar-refractivity contribution in [2.24, 2.45) is 0 Å². The van der Waals surface area contributed by atoms with Gasteiger partial charge >= 0.3 is 5.37 Å². The topological polar surface area (TPSA) is 38.3 Å². The Morgan fingerprint density at radius 2 is 2.33 bits per heavy atom. The summed E-state index contributed by atoms with van der Waals surface area (Å²) in [6.45, 7) is 0.349. The van der Waals surface area contributed by atoms with Gasteiger partial charge in [-0.3, -0.25) is 4.79 Å². The SMILES string of the molecule is COc1ccc(F)cc1CCNC(=O)Cl. The van der Waals surface area contributed by atoms with Crippen LogP contribution in [0.4, 0.5) is 9.18 Å². The molecule has 0 bridgehead atoms. The number of ether oxygens (including phenoxy) is 1. The number of carbonyl (C=O) groups excluding carboxylic acids is 1. The minimum Gasteiger partial charge on any atom is -0.496 e. The van der Waals surface area contributed by atoms with E-state index in [0.717, 1.165) is 0 Å². The molecule has 0 atom stereocenters. The van der Waals surface area contributed by atoms with Crippen LogP contribution in [0.2, 0.25) is 0 Å². The van der Waals surface area contributed by atoms with Gasteiger partial charge in [-0.1, -0.05) is 0 Å². The lowest BCUT2D eigenvalue weighted by Crippen LogP contribution is -2.19. The van der Waals surface area contributed by atoms with E-state index in [0.29, 0.717) is 24.3 Å². The first kappa shape index (κ1) is 11.8. The number of carbonyl (C=O) groups is 1. The number of hydrogen-bond donors (Lipinski definition) is 1. The normalized spacial score (nSPS) is 9.80. The van der Waals surface area contributed by atoms with Crippen LogP contribution in [-0.4, -0.2) is 19.0 Å². The first-order valence-electron chi connectivity index (χ1n) is 4.39. The zero-order chi connectivity index (χ0) is 11.3. The van der Waals surface area contributed by atoms with E-state index in [4.69, 9.17) is 16.3 Å². The average Bonchev–Trinajstić information content (AvgIpc) is 2.17. The summed E-state index contributed by atoms with van der Waals surface area (Å²) in [6, 6.07) is 4.24. The van der Waals surface area contributed by atoms with Crippen molar-refractivity contribution in [2.75, 3.05) is 13.7 Å². The van der Waals surface area contributed by atoms with E-state index in [1.54, 1.807) is 6.07 Å². The number of nitrogens with one attached hydrogen (secondary N) is 1. The summed E-state index contributed by atoms with van der Waals surface area (Å²) in [7, 11) is 1.51. The molecule has 0 aromatic heterocycles. The Labute approximate surface area is 92.2 Å². The molecular formula is C10H11ClFNO2. The Bertz CT molecular complexity index is 357. The fourth-order valence-corrected chi connectivity index (χ4v) is 1.33. The van der Waals surface area contributed by atoms with E-state index in [-0.39, 0.29) is 5.82 Å². The van der Waals surface area contributed by atoms with E-state index in [1.165, 1.54) is 19.2 Å². The van der Waals surface area contributed by atoms with Crippen molar-refractivity contribution in [2.45, 2.75) is 6.42 Å². The van der Waals surface area contributed by atoms with Crippen LogP contribution < -0.4 is 10.1 Å². The van der Waals surface area contributed by atoms with Crippen LogP contribution in [-0.2, 0) is 6.42 Å². The maximum absolute atomic E-state index is 12.9. The summed E-state index contributed by atoms with van der Waals surface area (Å²) in [5, 5.41) is 1.79. The third-order valence-electron chi connectivity index (χ3n) is 1.90. The second-order valence-corrected chi connectivity index (χ2v) is 3.25. The first-order valence-corrected chi connectivity index (χ1v) is 4.77. The van der Waals surface area contributed by atoms with Gasteiger partial charge < -0.3 is 10.1 Å². The molecule has 0 saturated carbocycles. The minimum absolute atomic E-state index is 0.331. The summed E-state index contributed by atoms with van der Waals surface area (Å²) in [4.78, 5) is 10.4. The van der Waals surface area contributed by atoms with Crippen molar-refractivity contribution >= 4 is 17.0 Å². The minimum atomic E-state index is -0.620. The van der Waals surface area contributed by atoms with Crippen molar-refractivity contribution in [3.63, 3.8) is 0 Å². The van der Waals surface area contributed by atoms with E-state index in [2.05, 4.69) is 5.32 Å². The molecule has 0 heterocycles. The van der Waals surface area contributed by atoms with Crippen molar-refractivity contribution in [1.82, 2.24) is 5.32 Å². The number of halogens is 2. The van der Waals surface area contributed by atoms with Crippen LogP contribution in [0.3, 0.4) is 0 Å². The number of rotatable bonds is 4. The number of methoxy groups -OCH3 is 1. The molecule has 0 unspecified atom stereocenters. The number of benzene rings is 1. The van der Waals surface area contributed by atoms with Crippen LogP contribution in [0, 0.1) is 5.82 Å². The molecule has 0 spiro atoms. The quantitative estimate of drug-likeness (QED) is 0.638. The van der Waals surface area contributed by atoms with Gasteiger partial charge in [-0.25, -0.2) is 4.39 Å². The molecule has 0 aliphatic rings. The molecule has 0 aliphatic carbocycles. The zero-order valence-corrected chi connectivity index (χ0v) is 8.97. The summed E-state index contributed by atoms with van der Waals surface area (Å²) >= 11 is 5.09. The highest BCUT2D eigenvalue weighted by Crippen LogP contribution is 2.19. The molecule has 0 fully saturated rings. The van der Waals surface area contributed by atoms with Crippen molar-refractivity contribution in [3.05, 3.63) is 29.6 Å². The molecule has 0 aliphatic heterocycles. The van der Waals surface area contributed by atoms with E-state index in [9.17, 15) is 9.18 Å². The molecule has 1 aromatic carbocycles. The molecule has 1 N–H and O–H groups in total. The van der Waals surface area contributed by atoms with Crippen molar-refractivity contribution in [3.8, 4) is 5.75 Å². The van der Waals surface area contributed by atoms with Crippen molar-refractivity contribution in [1.29, 1.82) is 0 Å². The second-order valence-electron chi connectivity index (χ2n) is 2.91. The maximum atomic E-state index is 12.9. The Morgan fingerprint density at radius 3 is 2.93 bits per heavy atom. The number of amides is 1. The molecule has 82 valence electrons. The van der Waals surface area contributed by atoms with Gasteiger partial charge in [-0.2, -0.15) is 0 Å². The molecule has 3 nitrogen and oxygen atoms in total. The molecule has 1 rings (SSSR count). The smallest absolute Gasteiger partial charge is 0.313 e. The van der Waals surface area contributed by atoms with Gasteiger partial charge in [0, 0.05) is 6.54 Å². The predicted molar refractivity (Wildman–Crippen MR) is 55.9 cm³/mol. The summed E-state index contributed by atoms with van der Waals surface area (Å²) in [5.41, 5.74) is 0.697. The molecule has 5 heteroatoms. The van der Waals surface area contributed by atoms with Crippen LogP contribution >= 0.6 is 11.6 Å². The molecule has 0 radical (unpaired) electrons. The van der Waals surface area contributed by atoms with Gasteiger partial charge in [0.25, 0.3) is 0 Å². The third kappa shape index (κ3) is 3.75. The molecular weight excluding hydrogens is 221 g/mol. The maximum Gasteiger partial charge on any atom is 0.313 e. The summed E-state index contributed by atoms with van der Waals surface area (Å²) < 4.78 is 17.9. The van der Waals surface area contributed by atoms with Gasteiger partial charge in [-0.05, 0) is 41.8 Å². The van der Waals surface area contributed by atoms with Gasteiger partial charge in [0.05, 0.1) is 7.11 Å². The molecule has 1 aromatic rings. The van der Waals surface area contributed by atoms with E-state index < -0.39 is 5.37 Å². The lowest BCUT2D eigenvalue weighted by Gasteiger charge is -2.08. The largest absolute Gasteiger partial charge is 0.496 e. The van der Waals surface area contributed by atoms with Crippen LogP contribution in [0.1, 0.15) is 5.56 Å². The van der Waals surface area contributed by atoms with Crippen LogP contribution in [0.25, 0.3) is 0 Å². The zero-order valence-electron chi connectivity index (χ0n) is 8.22. The van der Waals surface area contributed by atoms with Gasteiger partial charge in [-0.15, -0.1) is 0 Å². The highest BCUT2D eigenvalue weighted by molar-refractivity contribution is 6.62. The lowest BCUT2D eigenvalue weighted by molar-refractivity contribution is 0.260. The highest BCUT2D eigenvalue weighted by Gasteiger charge is 2.04. The number of hydrogen-bond acceptors (Lipinski definition) is 2. The average molecular weight is 232 g/mol. The van der Waals surface area contributed by atoms with E-state index >= 15 is 0 Å². The first-order chi connectivity index (χ1) is 7.13. The Morgan fingerprint density at radius 1 is 1.60 bits per heavy atom. The molecule has 0 saturated heterocycles. The van der Waals surface area contributed by atoms with E-state index in [1.807, 2.05) is 0 Å². The Kier molecular flexibility index (Phi) is 4.37. The fourth-order valence-electron chi connectivity index (χ4n) is 1.24. The summed E-state index contributed by atoms with van der Waals surface area (Å²) in [5.74, 6) is 0.267. The van der Waals surface area contributed by atoms with Crippen molar-refractivity contribution < 1.29 is 13.9 Å². The lowest BCUT2D eigenvalue weighted by atomic mass is 10.1. The third-order valence-corrected chi connectivity index (χ3v) is 2.03. The van der Waals surface area contributed by atoms with Gasteiger partial charge in [0.15, 0.2) is 0 Å². The molecule has 1 amide bonds. The fraction of sp³-hybridized carbons (Fsp3) is 0.300. The summed E-state index contributed by atoms with van der Waals surface area (Å²) in [6.07, 6.45) is 0.472. The standard InChI is InChI=1S/C10H11ClFNO2/c1-15-9-3-2-8(12)6-7(9)4-5-13-10(11)14/h2-3,6H,4-5H2,1H3,(H,13,14). The monoisotopic (exact) mass is 231 g/mol. The van der Waals surface area contributed by atoms with Gasteiger partial charge in [0.2, 0.25) is 0 Å². The van der Waals surface area contributed by atoms with Crippen LogP contribution in [0.5, 0.6) is 5.75 Å². The Hall–Kier alpha value is -1.29. The van der Waals surface area contributed by atoms with Gasteiger partial charge in [0.1, 0.15) is 11.6 Å². The Balaban J connectivity index is 2.65. The highest BCUT2D eigenvalue weighted by atomic mass is 35.5. The molecule has 15 heavy (non-hydrogen) atoms. The predicted octanol–water partition coefficient (Wildman–Crippen LogP) is 2.33.